The van der Waals surface area contributed by atoms with Crippen molar-refractivity contribution in [2.24, 2.45) is 0 Å². The molecule has 55 heavy (non-hydrogen) atoms. The maximum Gasteiger partial charge on any atom is 0.151 e. The number of ether oxygens (including phenoxy) is 1. The van der Waals surface area contributed by atoms with Crippen LogP contribution in [0.2, 0.25) is 0 Å². The average molecular weight is 723 g/mol. The third kappa shape index (κ3) is 4.31. The SMILES string of the molecule is CC1(C)c2ccccc2N(c2ccc3c4ccc(N5c6ccccc6Oc6ccccc65)cc4c4ccccc4c3c2)c2cc3sc4ccccc4c3cc21. The number of fused-ring (bicyclic) bond motifs is 13. The summed E-state index contributed by atoms with van der Waals surface area (Å²) < 4.78 is 9.00. The van der Waals surface area contributed by atoms with Crippen LogP contribution >= 0.6 is 11.3 Å². The molecule has 2 aliphatic rings. The Bertz CT molecular complexity index is 3180. The Kier molecular flexibility index (Phi) is 6.27. The molecule has 12 rings (SSSR count). The number of thiophene rings is 1. The van der Waals surface area contributed by atoms with Gasteiger partial charge in [0.2, 0.25) is 0 Å². The van der Waals surface area contributed by atoms with Crippen molar-refractivity contribution < 1.29 is 4.74 Å². The second-order valence-corrected chi connectivity index (χ2v) is 16.4. The molecule has 3 nitrogen and oxygen atoms in total. The molecule has 0 saturated heterocycles. The molecule has 1 aromatic heterocycles. The van der Waals surface area contributed by atoms with Gasteiger partial charge >= 0.3 is 0 Å². The van der Waals surface area contributed by atoms with Crippen LogP contribution in [0.4, 0.5) is 34.1 Å². The molecule has 260 valence electrons. The van der Waals surface area contributed by atoms with Gasteiger partial charge in [-0.1, -0.05) is 111 Å². The van der Waals surface area contributed by atoms with Crippen LogP contribution in [0.3, 0.4) is 0 Å². The largest absolute Gasteiger partial charge is 0.453 e. The van der Waals surface area contributed by atoms with Gasteiger partial charge in [-0.15, -0.1) is 11.3 Å². The second-order valence-electron chi connectivity index (χ2n) is 15.3. The van der Waals surface area contributed by atoms with Crippen LogP contribution in [0.25, 0.3) is 52.5 Å². The van der Waals surface area contributed by atoms with E-state index in [4.69, 9.17) is 4.74 Å². The zero-order valence-corrected chi connectivity index (χ0v) is 31.2. The summed E-state index contributed by atoms with van der Waals surface area (Å²) in [5, 5.41) is 10.1. The first kappa shape index (κ1) is 30.8. The Balaban J connectivity index is 1.08. The maximum atomic E-state index is 6.35. The van der Waals surface area contributed by atoms with Gasteiger partial charge in [0.1, 0.15) is 0 Å². The van der Waals surface area contributed by atoms with E-state index in [9.17, 15) is 0 Å². The summed E-state index contributed by atoms with van der Waals surface area (Å²) in [5.41, 5.74) is 9.35. The first-order valence-corrected chi connectivity index (χ1v) is 19.7. The molecule has 0 radical (unpaired) electrons. The molecule has 0 saturated carbocycles. The molecular weight excluding hydrogens is 689 g/mol. The lowest BCUT2D eigenvalue weighted by atomic mass is 9.73. The van der Waals surface area contributed by atoms with E-state index < -0.39 is 0 Å². The molecule has 0 unspecified atom stereocenters. The van der Waals surface area contributed by atoms with Crippen LogP contribution in [-0.2, 0) is 5.41 Å². The zero-order valence-electron chi connectivity index (χ0n) is 30.4. The molecule has 10 aromatic rings. The molecule has 0 aliphatic carbocycles. The molecule has 0 spiro atoms. The van der Waals surface area contributed by atoms with Gasteiger partial charge in [-0.3, -0.25) is 0 Å². The van der Waals surface area contributed by atoms with Gasteiger partial charge in [-0.25, -0.2) is 0 Å². The van der Waals surface area contributed by atoms with Crippen LogP contribution < -0.4 is 14.5 Å². The van der Waals surface area contributed by atoms with Crippen molar-refractivity contribution in [1.29, 1.82) is 0 Å². The second kappa shape index (κ2) is 11.2. The predicted molar refractivity (Wildman–Crippen MR) is 233 cm³/mol. The number of nitrogens with zero attached hydrogens (tertiary/aromatic N) is 2. The molecule has 0 atom stereocenters. The van der Waals surface area contributed by atoms with Gasteiger partial charge in [0, 0.05) is 37.0 Å². The van der Waals surface area contributed by atoms with Crippen molar-refractivity contribution in [3.05, 3.63) is 181 Å². The summed E-state index contributed by atoms with van der Waals surface area (Å²) in [6.07, 6.45) is 0. The van der Waals surface area contributed by atoms with Crippen LogP contribution in [0, 0.1) is 0 Å². The summed E-state index contributed by atoms with van der Waals surface area (Å²) in [6.45, 7) is 4.76. The van der Waals surface area contributed by atoms with E-state index in [1.165, 1.54) is 80.7 Å². The van der Waals surface area contributed by atoms with E-state index >= 15 is 0 Å². The lowest BCUT2D eigenvalue weighted by Crippen LogP contribution is -2.30. The number of para-hydroxylation sites is 5. The monoisotopic (exact) mass is 722 g/mol. The summed E-state index contributed by atoms with van der Waals surface area (Å²) in [7, 11) is 0. The molecule has 0 N–H and O–H groups in total. The standard InChI is InChI=1S/C51H34N2OS/c1-51(2)41-16-6-7-17-43(41)52(46-30-50-40(29-42(46)51)37-15-5-12-22-49(37)55-50)31-23-25-35-36-26-24-32(28-39(36)34-14-4-3-13-33(34)38(35)27-31)53-44-18-8-10-20-47(44)54-48-21-11-9-19-45(48)53/h3-30H,1-2H3. The van der Waals surface area contributed by atoms with E-state index in [0.29, 0.717) is 0 Å². The summed E-state index contributed by atoms with van der Waals surface area (Å²) in [4.78, 5) is 4.84. The summed E-state index contributed by atoms with van der Waals surface area (Å²) in [6, 6.07) is 62.2. The average Bonchev–Trinajstić information content (AvgIpc) is 3.60. The highest BCUT2D eigenvalue weighted by molar-refractivity contribution is 7.25. The van der Waals surface area contributed by atoms with Crippen molar-refractivity contribution in [1.82, 2.24) is 0 Å². The predicted octanol–water partition coefficient (Wildman–Crippen LogP) is 15.2. The van der Waals surface area contributed by atoms with Crippen LogP contribution in [0.5, 0.6) is 11.5 Å². The number of hydrogen-bond donors (Lipinski definition) is 0. The third-order valence-corrected chi connectivity index (χ3v) is 13.1. The Morgan fingerprint density at radius 1 is 0.382 bits per heavy atom. The van der Waals surface area contributed by atoms with E-state index in [1.54, 1.807) is 0 Å². The molecule has 0 fully saturated rings. The number of benzene rings is 9. The fourth-order valence-electron chi connectivity index (χ4n) is 9.39. The number of anilines is 6. The number of hydrogen-bond acceptors (Lipinski definition) is 4. The molecule has 4 heteroatoms. The first-order valence-electron chi connectivity index (χ1n) is 18.9. The van der Waals surface area contributed by atoms with E-state index in [1.807, 2.05) is 35.6 Å². The Morgan fingerprint density at radius 3 is 1.55 bits per heavy atom. The van der Waals surface area contributed by atoms with Gasteiger partial charge in [-0.05, 0) is 116 Å². The Labute approximate surface area is 322 Å². The minimum absolute atomic E-state index is 0.168. The fourth-order valence-corrected chi connectivity index (χ4v) is 10.5. The fraction of sp³-hybridized carbons (Fsp3) is 0.0588. The summed E-state index contributed by atoms with van der Waals surface area (Å²) in [5.74, 6) is 1.71. The van der Waals surface area contributed by atoms with Gasteiger partial charge in [-0.2, -0.15) is 0 Å². The molecule has 2 aliphatic heterocycles. The van der Waals surface area contributed by atoms with Crippen LogP contribution in [0.15, 0.2) is 170 Å². The summed E-state index contributed by atoms with van der Waals surface area (Å²) >= 11 is 1.89. The third-order valence-electron chi connectivity index (χ3n) is 12.0. The van der Waals surface area contributed by atoms with Crippen molar-refractivity contribution in [2.75, 3.05) is 9.80 Å². The molecule has 9 aromatic carbocycles. The van der Waals surface area contributed by atoms with Crippen LogP contribution in [-0.4, -0.2) is 0 Å². The molecule has 0 bridgehead atoms. The van der Waals surface area contributed by atoms with Crippen molar-refractivity contribution in [3.63, 3.8) is 0 Å². The maximum absolute atomic E-state index is 6.35. The smallest absolute Gasteiger partial charge is 0.151 e. The van der Waals surface area contributed by atoms with Crippen molar-refractivity contribution in [3.8, 4) is 11.5 Å². The molecule has 3 heterocycles. The highest BCUT2D eigenvalue weighted by atomic mass is 32.1. The van der Waals surface area contributed by atoms with E-state index in [2.05, 4.69) is 169 Å². The topological polar surface area (TPSA) is 15.7 Å². The lowest BCUT2D eigenvalue weighted by molar-refractivity contribution is 0.477. The number of rotatable bonds is 2. The molecule has 0 amide bonds. The highest BCUT2D eigenvalue weighted by Crippen LogP contribution is 2.55. The van der Waals surface area contributed by atoms with E-state index in [-0.39, 0.29) is 5.41 Å². The van der Waals surface area contributed by atoms with E-state index in [0.717, 1.165) is 28.6 Å². The van der Waals surface area contributed by atoms with Gasteiger partial charge < -0.3 is 14.5 Å². The van der Waals surface area contributed by atoms with Crippen molar-refractivity contribution >= 4 is 98.0 Å². The zero-order chi connectivity index (χ0) is 36.4. The van der Waals surface area contributed by atoms with Crippen LogP contribution in [0.1, 0.15) is 25.0 Å². The van der Waals surface area contributed by atoms with Gasteiger partial charge in [0.15, 0.2) is 11.5 Å². The minimum atomic E-state index is -0.168. The quantitative estimate of drug-likeness (QED) is 0.165. The Hall–Kier alpha value is -6.62. The van der Waals surface area contributed by atoms with Crippen molar-refractivity contribution in [2.45, 2.75) is 19.3 Å². The minimum Gasteiger partial charge on any atom is -0.453 e. The Morgan fingerprint density at radius 2 is 0.891 bits per heavy atom. The van der Waals surface area contributed by atoms with Gasteiger partial charge in [0.05, 0.1) is 22.7 Å². The van der Waals surface area contributed by atoms with Gasteiger partial charge in [0.25, 0.3) is 0 Å². The normalized spacial score (nSPS) is 14.2. The highest BCUT2D eigenvalue weighted by Gasteiger charge is 2.37. The molecular formula is C51H34N2OS. The lowest BCUT2D eigenvalue weighted by Gasteiger charge is -2.42. The first-order chi connectivity index (χ1) is 27.0.